The van der Waals surface area contributed by atoms with Crippen molar-refractivity contribution in [1.29, 1.82) is 0 Å². The van der Waals surface area contributed by atoms with Crippen molar-refractivity contribution >= 4 is 28.9 Å². The Bertz CT molecular complexity index is 1400. The molecule has 0 saturated heterocycles. The SMILES string of the molecule is Cc1nn(Cn2ccc(C(=O)Nc3cccc(NC(=O)c4ccn(C)n4)c3)n2)c(C)c1[N+](=O)[O-]. The van der Waals surface area contributed by atoms with Gasteiger partial charge in [-0.1, -0.05) is 6.07 Å². The Labute approximate surface area is 193 Å². The lowest BCUT2D eigenvalue weighted by atomic mass is 10.2. The van der Waals surface area contributed by atoms with Gasteiger partial charge in [-0.2, -0.15) is 15.3 Å². The fourth-order valence-corrected chi connectivity index (χ4v) is 3.39. The number of carbonyl (C=O) groups excluding carboxylic acids is 2. The molecule has 0 atom stereocenters. The first-order valence-electron chi connectivity index (χ1n) is 10.2. The zero-order valence-corrected chi connectivity index (χ0v) is 18.6. The number of hydrogen-bond donors (Lipinski definition) is 2. The molecule has 34 heavy (non-hydrogen) atoms. The molecule has 3 heterocycles. The van der Waals surface area contributed by atoms with Gasteiger partial charge in [0, 0.05) is 30.8 Å². The minimum atomic E-state index is -0.469. The molecule has 0 radical (unpaired) electrons. The Morgan fingerprint density at radius 3 is 2.15 bits per heavy atom. The Kier molecular flexibility index (Phi) is 5.91. The van der Waals surface area contributed by atoms with Crippen LogP contribution in [-0.2, 0) is 13.7 Å². The van der Waals surface area contributed by atoms with Gasteiger partial charge in [0.15, 0.2) is 11.4 Å². The summed E-state index contributed by atoms with van der Waals surface area (Å²) in [4.78, 5) is 35.7. The van der Waals surface area contributed by atoms with Gasteiger partial charge in [0.25, 0.3) is 11.8 Å². The Morgan fingerprint density at radius 1 is 0.971 bits per heavy atom. The molecule has 0 aliphatic carbocycles. The minimum Gasteiger partial charge on any atom is -0.321 e. The molecule has 13 heteroatoms. The van der Waals surface area contributed by atoms with Crippen molar-refractivity contribution < 1.29 is 14.5 Å². The molecular weight excluding hydrogens is 442 g/mol. The maximum Gasteiger partial charge on any atom is 0.312 e. The lowest BCUT2D eigenvalue weighted by Gasteiger charge is -2.07. The van der Waals surface area contributed by atoms with Crippen LogP contribution in [0.1, 0.15) is 32.4 Å². The molecule has 2 N–H and O–H groups in total. The summed E-state index contributed by atoms with van der Waals surface area (Å²) < 4.78 is 4.44. The molecular formula is C21H21N9O4. The molecule has 0 unspecified atom stereocenters. The summed E-state index contributed by atoms with van der Waals surface area (Å²) >= 11 is 0. The highest BCUT2D eigenvalue weighted by Crippen LogP contribution is 2.22. The topological polar surface area (TPSA) is 155 Å². The lowest BCUT2D eigenvalue weighted by molar-refractivity contribution is -0.386. The van der Waals surface area contributed by atoms with E-state index in [-0.39, 0.29) is 29.7 Å². The maximum absolute atomic E-state index is 12.7. The standard InChI is InChI=1S/C21H21N9O4/c1-13-19(30(33)34)14(2)29(24-13)12-28-10-8-18(26-28)21(32)23-16-6-4-5-15(11-16)22-20(31)17-7-9-27(3)25-17/h4-11H,12H2,1-3H3,(H,22,31)(H,23,32). The fraction of sp³-hybridized carbons (Fsp3) is 0.190. The van der Waals surface area contributed by atoms with Gasteiger partial charge < -0.3 is 10.6 Å². The van der Waals surface area contributed by atoms with Gasteiger partial charge in [0.2, 0.25) is 0 Å². The number of nitro groups is 1. The number of nitrogens with zero attached hydrogens (tertiary/aromatic N) is 7. The van der Waals surface area contributed by atoms with Crippen LogP contribution in [0.25, 0.3) is 0 Å². The van der Waals surface area contributed by atoms with Crippen LogP contribution in [0.15, 0.2) is 48.8 Å². The lowest BCUT2D eigenvalue weighted by Crippen LogP contribution is -2.16. The average Bonchev–Trinajstić information content (AvgIpc) is 3.48. The van der Waals surface area contributed by atoms with Crippen molar-refractivity contribution in [2.75, 3.05) is 10.6 Å². The van der Waals surface area contributed by atoms with Crippen LogP contribution < -0.4 is 10.6 Å². The van der Waals surface area contributed by atoms with Crippen LogP contribution >= 0.6 is 0 Å². The van der Waals surface area contributed by atoms with E-state index >= 15 is 0 Å². The smallest absolute Gasteiger partial charge is 0.312 e. The number of benzene rings is 1. The van der Waals surface area contributed by atoms with Crippen LogP contribution in [0.2, 0.25) is 0 Å². The summed E-state index contributed by atoms with van der Waals surface area (Å²) in [7, 11) is 1.72. The van der Waals surface area contributed by atoms with E-state index in [9.17, 15) is 19.7 Å². The summed E-state index contributed by atoms with van der Waals surface area (Å²) in [5, 5.41) is 29.1. The number of hydrogen-bond acceptors (Lipinski definition) is 7. The normalized spacial score (nSPS) is 10.8. The Balaban J connectivity index is 1.42. The van der Waals surface area contributed by atoms with Gasteiger partial charge in [-0.05, 0) is 44.2 Å². The van der Waals surface area contributed by atoms with Crippen molar-refractivity contribution in [2.45, 2.75) is 20.5 Å². The van der Waals surface area contributed by atoms with Gasteiger partial charge >= 0.3 is 5.69 Å². The fourth-order valence-electron chi connectivity index (χ4n) is 3.39. The number of anilines is 2. The summed E-state index contributed by atoms with van der Waals surface area (Å²) in [6.07, 6.45) is 3.25. The third-order valence-corrected chi connectivity index (χ3v) is 5.00. The highest BCUT2D eigenvalue weighted by Gasteiger charge is 2.22. The zero-order valence-electron chi connectivity index (χ0n) is 18.6. The molecule has 3 aromatic heterocycles. The largest absolute Gasteiger partial charge is 0.321 e. The van der Waals surface area contributed by atoms with E-state index in [0.29, 0.717) is 22.8 Å². The van der Waals surface area contributed by atoms with Crippen molar-refractivity contribution in [3.63, 3.8) is 0 Å². The van der Waals surface area contributed by atoms with E-state index in [0.717, 1.165) is 0 Å². The second-order valence-corrected chi connectivity index (χ2v) is 7.52. The van der Waals surface area contributed by atoms with Crippen LogP contribution in [0.3, 0.4) is 0 Å². The molecule has 0 aliphatic rings. The van der Waals surface area contributed by atoms with Crippen LogP contribution in [0.4, 0.5) is 17.1 Å². The summed E-state index contributed by atoms with van der Waals surface area (Å²) in [6.45, 7) is 3.29. The van der Waals surface area contributed by atoms with Crippen molar-refractivity contribution in [3.8, 4) is 0 Å². The molecule has 0 spiro atoms. The number of aromatic nitrogens is 6. The summed E-state index contributed by atoms with van der Waals surface area (Å²) in [5.41, 5.74) is 2.04. The zero-order chi connectivity index (χ0) is 24.4. The minimum absolute atomic E-state index is 0.0415. The number of aryl methyl sites for hydroxylation is 2. The molecule has 174 valence electrons. The third kappa shape index (κ3) is 4.67. The van der Waals surface area contributed by atoms with Crippen molar-refractivity contribution in [3.05, 3.63) is 81.7 Å². The first kappa shape index (κ1) is 22.4. The van der Waals surface area contributed by atoms with E-state index in [2.05, 4.69) is 25.9 Å². The van der Waals surface area contributed by atoms with Crippen LogP contribution in [0, 0.1) is 24.0 Å². The number of nitrogens with one attached hydrogen (secondary N) is 2. The first-order valence-corrected chi connectivity index (χ1v) is 10.2. The summed E-state index contributed by atoms with van der Waals surface area (Å²) in [6, 6.07) is 9.81. The monoisotopic (exact) mass is 463 g/mol. The van der Waals surface area contributed by atoms with Crippen LogP contribution in [-0.4, -0.2) is 46.1 Å². The number of amides is 2. The van der Waals surface area contributed by atoms with Crippen molar-refractivity contribution in [2.24, 2.45) is 7.05 Å². The number of carbonyl (C=O) groups is 2. The quantitative estimate of drug-likeness (QED) is 0.315. The molecule has 4 aromatic rings. The van der Waals surface area contributed by atoms with Gasteiger partial charge in [0.05, 0.1) is 4.92 Å². The molecule has 4 rings (SSSR count). The molecule has 0 aliphatic heterocycles. The predicted octanol–water partition coefficient (Wildman–Crippen LogP) is 2.35. The second kappa shape index (κ2) is 8.97. The maximum atomic E-state index is 12.7. The Hall–Kier alpha value is -4.81. The van der Waals surface area contributed by atoms with E-state index in [4.69, 9.17) is 0 Å². The highest BCUT2D eigenvalue weighted by molar-refractivity contribution is 6.05. The van der Waals surface area contributed by atoms with Gasteiger partial charge in [-0.25, -0.2) is 4.68 Å². The first-order chi connectivity index (χ1) is 16.2. The van der Waals surface area contributed by atoms with E-state index < -0.39 is 10.8 Å². The molecule has 0 bridgehead atoms. The van der Waals surface area contributed by atoms with Gasteiger partial charge in [-0.15, -0.1) is 0 Å². The molecule has 0 saturated carbocycles. The predicted molar refractivity (Wildman–Crippen MR) is 122 cm³/mol. The van der Waals surface area contributed by atoms with E-state index in [1.54, 1.807) is 63.6 Å². The van der Waals surface area contributed by atoms with Crippen molar-refractivity contribution in [1.82, 2.24) is 29.3 Å². The van der Waals surface area contributed by atoms with Crippen LogP contribution in [0.5, 0.6) is 0 Å². The molecule has 0 fully saturated rings. The van der Waals surface area contributed by atoms with Gasteiger partial charge in [0.1, 0.15) is 18.1 Å². The highest BCUT2D eigenvalue weighted by atomic mass is 16.6. The molecule has 13 nitrogen and oxygen atoms in total. The van der Waals surface area contributed by atoms with Gasteiger partial charge in [-0.3, -0.25) is 29.1 Å². The van der Waals surface area contributed by atoms with E-state index in [1.807, 2.05) is 0 Å². The molecule has 1 aromatic carbocycles. The summed E-state index contributed by atoms with van der Waals surface area (Å²) in [5.74, 6) is -0.821. The average molecular weight is 463 g/mol. The Morgan fingerprint density at radius 2 is 1.59 bits per heavy atom. The third-order valence-electron chi connectivity index (χ3n) is 5.00. The van der Waals surface area contributed by atoms with E-state index in [1.165, 1.54) is 20.1 Å². The second-order valence-electron chi connectivity index (χ2n) is 7.52. The number of rotatable bonds is 7. The molecule has 2 amide bonds.